The number of urea groups is 1. The molecular weight excluding hydrogens is 366 g/mol. The van der Waals surface area contributed by atoms with Gasteiger partial charge in [-0.25, -0.2) is 27.9 Å². The average Bonchev–Trinajstić information content (AvgIpc) is 3.17. The lowest BCUT2D eigenvalue weighted by Gasteiger charge is -2.08. The third-order valence-corrected chi connectivity index (χ3v) is 5.84. The maximum Gasteiger partial charge on any atom is 0.335 e. The van der Waals surface area contributed by atoms with Gasteiger partial charge in [-0.1, -0.05) is 5.16 Å². The molecule has 2 amide bonds. The van der Waals surface area contributed by atoms with Crippen molar-refractivity contribution >= 4 is 33.3 Å². The standard InChI is InChI=1S/C14H13N5O4S2/c1-8-7-9(2)16-13(15-8)17-14(20)19-25(21,22)12-10(4-6-24-12)11-3-5-23-18-11/h3-7H,1-2H3,(H2,15,16,17,19,20). The first-order valence-electron chi connectivity index (χ1n) is 6.99. The fraction of sp³-hybridized carbons (Fsp3) is 0.143. The zero-order valence-electron chi connectivity index (χ0n) is 13.2. The van der Waals surface area contributed by atoms with Gasteiger partial charge in [0.1, 0.15) is 16.2 Å². The van der Waals surface area contributed by atoms with Crippen molar-refractivity contribution in [2.75, 3.05) is 5.32 Å². The average molecular weight is 379 g/mol. The van der Waals surface area contributed by atoms with Crippen molar-refractivity contribution in [3.63, 3.8) is 0 Å². The largest absolute Gasteiger partial charge is 0.364 e. The number of rotatable bonds is 4. The summed E-state index contributed by atoms with van der Waals surface area (Å²) < 4.78 is 31.6. The molecule has 0 saturated heterocycles. The highest BCUT2D eigenvalue weighted by Crippen LogP contribution is 2.30. The molecule has 3 heterocycles. The summed E-state index contributed by atoms with van der Waals surface area (Å²) in [5.74, 6) is 0.0214. The molecule has 0 spiro atoms. The zero-order chi connectivity index (χ0) is 18.0. The minimum absolute atomic E-state index is 0.0214. The number of nitrogens with zero attached hydrogens (tertiary/aromatic N) is 3. The van der Waals surface area contributed by atoms with Gasteiger partial charge in [0.25, 0.3) is 10.0 Å². The topological polar surface area (TPSA) is 127 Å². The number of thiophene rings is 1. The number of anilines is 1. The molecule has 11 heteroatoms. The lowest BCUT2D eigenvalue weighted by molar-refractivity contribution is 0.256. The monoisotopic (exact) mass is 379 g/mol. The fourth-order valence-corrected chi connectivity index (χ4v) is 4.40. The van der Waals surface area contributed by atoms with Crippen LogP contribution in [0.5, 0.6) is 0 Å². The van der Waals surface area contributed by atoms with Crippen LogP contribution in [0.15, 0.2) is 38.6 Å². The van der Waals surface area contributed by atoms with Crippen molar-refractivity contribution in [2.45, 2.75) is 18.1 Å². The summed E-state index contributed by atoms with van der Waals surface area (Å²) in [6, 6.07) is 3.90. The van der Waals surface area contributed by atoms with Crippen LogP contribution in [0.1, 0.15) is 11.4 Å². The van der Waals surface area contributed by atoms with Gasteiger partial charge in [0.05, 0.1) is 0 Å². The number of amides is 2. The van der Waals surface area contributed by atoms with E-state index in [9.17, 15) is 13.2 Å². The van der Waals surface area contributed by atoms with Gasteiger partial charge in [0.15, 0.2) is 0 Å². The number of hydrogen-bond donors (Lipinski definition) is 2. The molecule has 3 rings (SSSR count). The van der Waals surface area contributed by atoms with Crippen molar-refractivity contribution in [1.82, 2.24) is 19.8 Å². The maximum absolute atomic E-state index is 12.5. The fourth-order valence-electron chi connectivity index (χ4n) is 2.12. The lowest BCUT2D eigenvalue weighted by Crippen LogP contribution is -2.34. The lowest BCUT2D eigenvalue weighted by atomic mass is 10.2. The van der Waals surface area contributed by atoms with E-state index >= 15 is 0 Å². The van der Waals surface area contributed by atoms with Crippen LogP contribution in [-0.2, 0) is 10.0 Å². The highest BCUT2D eigenvalue weighted by Gasteiger charge is 2.25. The van der Waals surface area contributed by atoms with Crippen molar-refractivity contribution in [3.05, 3.63) is 41.2 Å². The molecule has 0 saturated carbocycles. The molecule has 0 fully saturated rings. The number of aromatic nitrogens is 3. The molecule has 0 aliphatic rings. The minimum atomic E-state index is -4.09. The summed E-state index contributed by atoms with van der Waals surface area (Å²) in [5.41, 5.74) is 2.01. The summed E-state index contributed by atoms with van der Waals surface area (Å²) in [6.45, 7) is 3.48. The van der Waals surface area contributed by atoms with Gasteiger partial charge in [-0.15, -0.1) is 11.3 Å². The molecule has 25 heavy (non-hydrogen) atoms. The number of hydrogen-bond acceptors (Lipinski definition) is 8. The van der Waals surface area contributed by atoms with Crippen molar-refractivity contribution in [2.24, 2.45) is 0 Å². The molecule has 0 radical (unpaired) electrons. The Morgan fingerprint density at radius 2 is 1.92 bits per heavy atom. The summed E-state index contributed by atoms with van der Waals surface area (Å²) in [7, 11) is -4.09. The molecule has 0 aromatic carbocycles. The zero-order valence-corrected chi connectivity index (χ0v) is 14.8. The SMILES string of the molecule is Cc1cc(C)nc(NC(=O)NS(=O)(=O)c2sccc2-c2ccon2)n1. The number of carbonyl (C=O) groups is 1. The Hall–Kier alpha value is -2.79. The quantitative estimate of drug-likeness (QED) is 0.712. The molecule has 0 aliphatic heterocycles. The summed E-state index contributed by atoms with van der Waals surface area (Å²) in [5, 5.41) is 7.62. The van der Waals surface area contributed by atoms with Gasteiger partial charge in [-0.2, -0.15) is 0 Å². The Morgan fingerprint density at radius 1 is 1.20 bits per heavy atom. The van der Waals surface area contributed by atoms with Gasteiger partial charge < -0.3 is 4.52 Å². The van der Waals surface area contributed by atoms with E-state index < -0.39 is 16.1 Å². The van der Waals surface area contributed by atoms with Crippen LogP contribution in [0.25, 0.3) is 11.3 Å². The Labute approximate surface area is 147 Å². The van der Waals surface area contributed by atoms with E-state index in [-0.39, 0.29) is 10.2 Å². The summed E-state index contributed by atoms with van der Waals surface area (Å²) >= 11 is 0.965. The summed E-state index contributed by atoms with van der Waals surface area (Å²) in [6.07, 6.45) is 1.33. The first kappa shape index (κ1) is 17.0. The van der Waals surface area contributed by atoms with E-state index in [0.29, 0.717) is 22.6 Å². The molecule has 0 aliphatic carbocycles. The first-order chi connectivity index (χ1) is 11.8. The molecule has 0 atom stereocenters. The second-order valence-electron chi connectivity index (χ2n) is 5.04. The van der Waals surface area contributed by atoms with Gasteiger partial charge >= 0.3 is 6.03 Å². The summed E-state index contributed by atoms with van der Waals surface area (Å²) in [4.78, 5) is 20.1. The van der Waals surface area contributed by atoms with Crippen LogP contribution < -0.4 is 10.0 Å². The Bertz CT molecular complexity index is 992. The normalized spacial score (nSPS) is 11.3. The van der Waals surface area contributed by atoms with Crippen molar-refractivity contribution in [3.8, 4) is 11.3 Å². The van der Waals surface area contributed by atoms with E-state index in [1.807, 2.05) is 4.72 Å². The van der Waals surface area contributed by atoms with Gasteiger partial charge in [-0.05, 0) is 31.4 Å². The molecule has 0 unspecified atom stereocenters. The molecule has 2 N–H and O–H groups in total. The van der Waals surface area contributed by atoms with Crippen molar-refractivity contribution in [1.29, 1.82) is 0 Å². The van der Waals surface area contributed by atoms with Crippen LogP contribution in [-0.4, -0.2) is 29.6 Å². The van der Waals surface area contributed by atoms with Gasteiger partial charge in [0, 0.05) is 23.0 Å². The molecule has 130 valence electrons. The molecular formula is C14H13N5O4S2. The second-order valence-corrected chi connectivity index (χ2v) is 7.83. The highest BCUT2D eigenvalue weighted by molar-refractivity contribution is 7.92. The molecule has 3 aromatic rings. The van der Waals surface area contributed by atoms with Crippen LogP contribution in [0, 0.1) is 13.8 Å². The highest BCUT2D eigenvalue weighted by atomic mass is 32.2. The Kier molecular flexibility index (Phi) is 4.51. The van der Waals surface area contributed by atoms with Crippen LogP contribution in [0.2, 0.25) is 0 Å². The second kappa shape index (κ2) is 6.61. The van der Waals surface area contributed by atoms with Crippen molar-refractivity contribution < 1.29 is 17.7 Å². The Balaban J connectivity index is 1.80. The molecule has 3 aromatic heterocycles. The number of carbonyl (C=O) groups excluding carboxylic acids is 1. The Morgan fingerprint density at radius 3 is 2.56 bits per heavy atom. The third kappa shape index (κ3) is 3.83. The number of aryl methyl sites for hydroxylation is 2. The smallest absolute Gasteiger partial charge is 0.335 e. The number of nitrogens with one attached hydrogen (secondary N) is 2. The van der Waals surface area contributed by atoms with E-state index in [4.69, 9.17) is 4.52 Å². The van der Waals surface area contributed by atoms with Crippen LogP contribution in [0.4, 0.5) is 10.7 Å². The van der Waals surface area contributed by atoms with Crippen LogP contribution in [0.3, 0.4) is 0 Å². The minimum Gasteiger partial charge on any atom is -0.364 e. The predicted octanol–water partition coefficient (Wildman–Crippen LogP) is 2.32. The van der Waals surface area contributed by atoms with E-state index in [1.165, 1.54) is 12.3 Å². The van der Waals surface area contributed by atoms with E-state index in [1.54, 1.807) is 31.4 Å². The first-order valence-corrected chi connectivity index (χ1v) is 9.36. The predicted molar refractivity (Wildman–Crippen MR) is 90.7 cm³/mol. The third-order valence-electron chi connectivity index (χ3n) is 3.02. The maximum atomic E-state index is 12.5. The van der Waals surface area contributed by atoms with Gasteiger partial charge in [0.2, 0.25) is 5.95 Å². The molecule has 9 nitrogen and oxygen atoms in total. The van der Waals surface area contributed by atoms with E-state index in [2.05, 4.69) is 20.4 Å². The van der Waals surface area contributed by atoms with Gasteiger partial charge in [-0.3, -0.25) is 5.32 Å². The number of sulfonamides is 1. The van der Waals surface area contributed by atoms with E-state index in [0.717, 1.165) is 11.3 Å². The molecule has 0 bridgehead atoms. The van der Waals surface area contributed by atoms with Crippen LogP contribution >= 0.6 is 11.3 Å².